The van der Waals surface area contributed by atoms with Crippen LogP contribution in [0.4, 0.5) is 0 Å². The molecule has 1 fully saturated rings. The van der Waals surface area contributed by atoms with E-state index in [1.807, 2.05) is 7.05 Å². The second kappa shape index (κ2) is 5.73. The van der Waals surface area contributed by atoms with Gasteiger partial charge < -0.3 is 10.1 Å². The number of hydrogen-bond donors (Lipinski definition) is 1. The van der Waals surface area contributed by atoms with Crippen molar-refractivity contribution in [1.82, 2.24) is 15.1 Å². The van der Waals surface area contributed by atoms with E-state index in [-0.39, 0.29) is 17.5 Å². The maximum absolute atomic E-state index is 11.5. The van der Waals surface area contributed by atoms with Crippen LogP contribution in [0.2, 0.25) is 0 Å². The minimum absolute atomic E-state index is 0.0323. The SMILES string of the molecule is COc1c(CN[C@@H]2CCS(=O)(=O)C2)c(C(C)C)nn1C. The Hall–Kier alpha value is -1.08. The summed E-state index contributed by atoms with van der Waals surface area (Å²) in [6, 6.07) is 0.0323. The zero-order valence-corrected chi connectivity index (χ0v) is 13.3. The maximum atomic E-state index is 11.5. The Bertz CT molecular complexity index is 578. The molecule has 1 saturated heterocycles. The van der Waals surface area contributed by atoms with Crippen molar-refractivity contribution in [2.45, 2.75) is 38.8 Å². The number of aromatic nitrogens is 2. The molecule has 0 bridgehead atoms. The molecular formula is C13H23N3O3S. The van der Waals surface area contributed by atoms with E-state index in [9.17, 15) is 8.42 Å². The van der Waals surface area contributed by atoms with Crippen LogP contribution in [0.1, 0.15) is 37.4 Å². The number of hydrogen-bond acceptors (Lipinski definition) is 5. The third-order valence-electron chi connectivity index (χ3n) is 3.66. The first-order chi connectivity index (χ1) is 9.34. The van der Waals surface area contributed by atoms with Gasteiger partial charge in [-0.1, -0.05) is 13.8 Å². The quantitative estimate of drug-likeness (QED) is 0.872. The highest BCUT2D eigenvalue weighted by atomic mass is 32.2. The van der Waals surface area contributed by atoms with E-state index in [1.54, 1.807) is 11.8 Å². The standard InChI is InChI=1S/C13H23N3O3S/c1-9(2)12-11(13(19-4)16(3)15-12)7-14-10-5-6-20(17,18)8-10/h9-10,14H,5-8H2,1-4H3/t10-/m1/s1. The maximum Gasteiger partial charge on any atom is 0.216 e. The van der Waals surface area contributed by atoms with Crippen LogP contribution in [-0.4, -0.2) is 42.9 Å². The zero-order valence-electron chi connectivity index (χ0n) is 12.5. The van der Waals surface area contributed by atoms with Crippen LogP contribution in [0.25, 0.3) is 0 Å². The lowest BCUT2D eigenvalue weighted by Crippen LogP contribution is -2.29. The first-order valence-corrected chi connectivity index (χ1v) is 8.69. The van der Waals surface area contributed by atoms with Gasteiger partial charge in [-0.3, -0.25) is 0 Å². The average molecular weight is 301 g/mol. The van der Waals surface area contributed by atoms with Gasteiger partial charge >= 0.3 is 0 Å². The molecule has 1 N–H and O–H groups in total. The fraction of sp³-hybridized carbons (Fsp3) is 0.769. The largest absolute Gasteiger partial charge is 0.481 e. The zero-order chi connectivity index (χ0) is 14.9. The third-order valence-corrected chi connectivity index (χ3v) is 5.43. The van der Waals surface area contributed by atoms with Crippen LogP contribution >= 0.6 is 0 Å². The molecule has 0 aliphatic carbocycles. The lowest BCUT2D eigenvalue weighted by Gasteiger charge is -2.13. The van der Waals surface area contributed by atoms with Gasteiger partial charge in [-0.25, -0.2) is 13.1 Å². The Morgan fingerprint density at radius 1 is 1.50 bits per heavy atom. The van der Waals surface area contributed by atoms with Gasteiger partial charge in [-0.2, -0.15) is 5.10 Å². The van der Waals surface area contributed by atoms with E-state index in [0.29, 0.717) is 18.9 Å². The van der Waals surface area contributed by atoms with Crippen molar-refractivity contribution in [2.24, 2.45) is 7.05 Å². The van der Waals surface area contributed by atoms with Crippen molar-refractivity contribution in [3.05, 3.63) is 11.3 Å². The van der Waals surface area contributed by atoms with Crippen LogP contribution in [-0.2, 0) is 23.4 Å². The lowest BCUT2D eigenvalue weighted by atomic mass is 10.1. The number of rotatable bonds is 5. The fourth-order valence-electron chi connectivity index (χ4n) is 2.66. The first kappa shape index (κ1) is 15.3. The number of nitrogens with zero attached hydrogens (tertiary/aromatic N) is 2. The summed E-state index contributed by atoms with van der Waals surface area (Å²) in [5, 5.41) is 7.81. The summed E-state index contributed by atoms with van der Waals surface area (Å²) in [5.74, 6) is 1.55. The minimum Gasteiger partial charge on any atom is -0.481 e. The van der Waals surface area contributed by atoms with Crippen LogP contribution in [0.5, 0.6) is 5.88 Å². The molecule has 0 spiro atoms. The molecule has 0 unspecified atom stereocenters. The molecular weight excluding hydrogens is 278 g/mol. The number of methoxy groups -OCH3 is 1. The second-order valence-electron chi connectivity index (χ2n) is 5.63. The summed E-state index contributed by atoms with van der Waals surface area (Å²) in [6.07, 6.45) is 0.682. The number of nitrogens with one attached hydrogen (secondary N) is 1. The summed E-state index contributed by atoms with van der Waals surface area (Å²) >= 11 is 0. The molecule has 0 amide bonds. The Morgan fingerprint density at radius 2 is 2.20 bits per heavy atom. The third kappa shape index (κ3) is 3.15. The summed E-state index contributed by atoms with van der Waals surface area (Å²) in [6.45, 7) is 4.77. The summed E-state index contributed by atoms with van der Waals surface area (Å²) < 4.78 is 30.1. The molecule has 20 heavy (non-hydrogen) atoms. The molecule has 1 aliphatic rings. The van der Waals surface area contributed by atoms with Crippen molar-refractivity contribution in [3.8, 4) is 5.88 Å². The van der Waals surface area contributed by atoms with Crippen molar-refractivity contribution in [3.63, 3.8) is 0 Å². The van der Waals surface area contributed by atoms with Crippen LogP contribution in [0, 0.1) is 0 Å². The molecule has 1 atom stereocenters. The van der Waals surface area contributed by atoms with E-state index in [0.717, 1.165) is 17.1 Å². The van der Waals surface area contributed by atoms with E-state index in [1.165, 1.54) is 0 Å². The summed E-state index contributed by atoms with van der Waals surface area (Å²) in [7, 11) is 0.634. The monoisotopic (exact) mass is 301 g/mol. The van der Waals surface area contributed by atoms with Crippen molar-refractivity contribution in [2.75, 3.05) is 18.6 Å². The molecule has 0 aromatic carbocycles. The molecule has 114 valence electrons. The van der Waals surface area contributed by atoms with Gasteiger partial charge in [0.1, 0.15) is 0 Å². The molecule has 1 aromatic rings. The Morgan fingerprint density at radius 3 is 2.70 bits per heavy atom. The number of aryl methyl sites for hydroxylation is 1. The predicted octanol–water partition coefficient (Wildman–Crippen LogP) is 0.829. The van der Waals surface area contributed by atoms with E-state index < -0.39 is 9.84 Å². The number of sulfone groups is 1. The van der Waals surface area contributed by atoms with Gasteiger partial charge in [0.2, 0.25) is 5.88 Å². The van der Waals surface area contributed by atoms with E-state index >= 15 is 0 Å². The van der Waals surface area contributed by atoms with E-state index in [4.69, 9.17) is 4.74 Å². The fourth-order valence-corrected chi connectivity index (χ4v) is 4.37. The molecule has 1 aromatic heterocycles. The van der Waals surface area contributed by atoms with Gasteiger partial charge in [0.05, 0.1) is 29.9 Å². The molecule has 2 heterocycles. The van der Waals surface area contributed by atoms with Gasteiger partial charge in [-0.15, -0.1) is 0 Å². The highest BCUT2D eigenvalue weighted by Crippen LogP contribution is 2.27. The van der Waals surface area contributed by atoms with Crippen molar-refractivity contribution in [1.29, 1.82) is 0 Å². The molecule has 6 nitrogen and oxygen atoms in total. The highest BCUT2D eigenvalue weighted by Gasteiger charge is 2.28. The Balaban J connectivity index is 2.12. The molecule has 1 aliphatic heterocycles. The smallest absolute Gasteiger partial charge is 0.216 e. The first-order valence-electron chi connectivity index (χ1n) is 6.87. The number of ether oxygens (including phenoxy) is 1. The van der Waals surface area contributed by atoms with Crippen LogP contribution in [0.15, 0.2) is 0 Å². The van der Waals surface area contributed by atoms with Gasteiger partial charge in [0, 0.05) is 19.6 Å². The lowest BCUT2D eigenvalue weighted by molar-refractivity contribution is 0.367. The van der Waals surface area contributed by atoms with E-state index in [2.05, 4.69) is 24.3 Å². The Kier molecular flexibility index (Phi) is 4.39. The molecule has 0 saturated carbocycles. The van der Waals surface area contributed by atoms with Crippen LogP contribution < -0.4 is 10.1 Å². The summed E-state index contributed by atoms with van der Waals surface area (Å²) in [4.78, 5) is 0. The van der Waals surface area contributed by atoms with Crippen LogP contribution in [0.3, 0.4) is 0 Å². The van der Waals surface area contributed by atoms with Gasteiger partial charge in [-0.05, 0) is 12.3 Å². The normalized spacial score (nSPS) is 21.6. The molecule has 0 radical (unpaired) electrons. The van der Waals surface area contributed by atoms with Gasteiger partial charge in [0.25, 0.3) is 0 Å². The molecule has 2 rings (SSSR count). The van der Waals surface area contributed by atoms with Crippen molar-refractivity contribution >= 4 is 9.84 Å². The summed E-state index contributed by atoms with van der Waals surface area (Å²) in [5.41, 5.74) is 2.02. The topological polar surface area (TPSA) is 73.2 Å². The highest BCUT2D eigenvalue weighted by molar-refractivity contribution is 7.91. The average Bonchev–Trinajstić information content (AvgIpc) is 2.86. The minimum atomic E-state index is -2.85. The second-order valence-corrected chi connectivity index (χ2v) is 7.86. The molecule has 7 heteroatoms. The van der Waals surface area contributed by atoms with Crippen molar-refractivity contribution < 1.29 is 13.2 Å². The Labute approximate surface area is 120 Å². The van der Waals surface area contributed by atoms with Gasteiger partial charge in [0.15, 0.2) is 9.84 Å². The predicted molar refractivity (Wildman–Crippen MR) is 77.7 cm³/mol.